The third-order valence-corrected chi connectivity index (χ3v) is 4.19. The number of aromatic nitrogens is 1. The molecule has 1 heterocycles. The van der Waals surface area contributed by atoms with Crippen LogP contribution in [0.5, 0.6) is 0 Å². The Hall–Kier alpha value is -2.69. The number of ether oxygens (including phenoxy) is 1. The first-order chi connectivity index (χ1) is 11.5. The Labute approximate surface area is 140 Å². The molecular formula is C19H19NO4. The van der Waals surface area contributed by atoms with Gasteiger partial charge in [0.2, 0.25) is 0 Å². The number of rotatable bonds is 5. The van der Waals surface area contributed by atoms with Crippen LogP contribution in [0.25, 0.3) is 11.1 Å². The molecule has 5 heteroatoms. The number of carboxylic acid groups (broad SMARTS) is 1. The molecule has 24 heavy (non-hydrogen) atoms. The van der Waals surface area contributed by atoms with E-state index in [4.69, 9.17) is 4.74 Å². The fourth-order valence-electron chi connectivity index (χ4n) is 2.95. The van der Waals surface area contributed by atoms with Gasteiger partial charge in [0.15, 0.2) is 5.69 Å². The lowest BCUT2D eigenvalue weighted by molar-refractivity contribution is 0.0520. The maximum atomic E-state index is 12.4. The number of hydrogen-bond donors (Lipinski definition) is 1. The van der Waals surface area contributed by atoms with Crippen LogP contribution in [0, 0.1) is 6.92 Å². The summed E-state index contributed by atoms with van der Waals surface area (Å²) in [6.45, 7) is 3.70. The zero-order chi connectivity index (χ0) is 17.3. The summed E-state index contributed by atoms with van der Waals surface area (Å²) >= 11 is 0. The Balaban J connectivity index is 2.32. The van der Waals surface area contributed by atoms with E-state index in [0.717, 1.165) is 12.8 Å². The number of carbonyl (C=O) groups is 2. The molecule has 1 aliphatic rings. The van der Waals surface area contributed by atoms with Gasteiger partial charge in [0.05, 0.1) is 12.2 Å². The van der Waals surface area contributed by atoms with Crippen molar-refractivity contribution in [3.05, 3.63) is 52.8 Å². The van der Waals surface area contributed by atoms with E-state index in [0.29, 0.717) is 22.4 Å². The third kappa shape index (κ3) is 2.89. The van der Waals surface area contributed by atoms with Crippen LogP contribution in [0.2, 0.25) is 0 Å². The Morgan fingerprint density at radius 2 is 1.92 bits per heavy atom. The van der Waals surface area contributed by atoms with Gasteiger partial charge in [-0.3, -0.25) is 0 Å². The number of hydrogen-bond acceptors (Lipinski definition) is 4. The number of benzene rings is 1. The molecule has 0 aliphatic heterocycles. The summed E-state index contributed by atoms with van der Waals surface area (Å²) in [4.78, 5) is 28.9. The van der Waals surface area contributed by atoms with E-state index in [2.05, 4.69) is 4.98 Å². The fourth-order valence-corrected chi connectivity index (χ4v) is 2.95. The Kier molecular flexibility index (Phi) is 4.34. The highest BCUT2D eigenvalue weighted by atomic mass is 16.5. The average molecular weight is 325 g/mol. The van der Waals surface area contributed by atoms with Gasteiger partial charge in [0, 0.05) is 17.2 Å². The molecule has 0 amide bonds. The zero-order valence-electron chi connectivity index (χ0n) is 13.7. The zero-order valence-corrected chi connectivity index (χ0v) is 13.7. The molecule has 5 nitrogen and oxygen atoms in total. The van der Waals surface area contributed by atoms with Crippen LogP contribution < -0.4 is 0 Å². The summed E-state index contributed by atoms with van der Waals surface area (Å²) in [7, 11) is 0. The molecule has 1 aromatic carbocycles. The van der Waals surface area contributed by atoms with Crippen LogP contribution in [-0.4, -0.2) is 28.6 Å². The number of pyridine rings is 1. The van der Waals surface area contributed by atoms with Gasteiger partial charge in [-0.15, -0.1) is 0 Å². The predicted molar refractivity (Wildman–Crippen MR) is 89.3 cm³/mol. The fraction of sp³-hybridized carbons (Fsp3) is 0.316. The van der Waals surface area contributed by atoms with Gasteiger partial charge in [-0.05, 0) is 37.8 Å². The summed E-state index contributed by atoms with van der Waals surface area (Å²) in [5, 5.41) is 9.79. The average Bonchev–Trinajstić information content (AvgIpc) is 3.39. The van der Waals surface area contributed by atoms with Gasteiger partial charge in [-0.1, -0.05) is 30.3 Å². The molecule has 3 rings (SSSR count). The molecule has 0 radical (unpaired) electrons. The van der Waals surface area contributed by atoms with Crippen molar-refractivity contribution in [3.63, 3.8) is 0 Å². The highest BCUT2D eigenvalue weighted by Crippen LogP contribution is 2.43. The van der Waals surface area contributed by atoms with E-state index >= 15 is 0 Å². The van der Waals surface area contributed by atoms with Crippen molar-refractivity contribution in [2.45, 2.75) is 32.6 Å². The van der Waals surface area contributed by atoms with Crippen molar-refractivity contribution in [1.29, 1.82) is 0 Å². The SMILES string of the molecule is CCOC(=O)c1nc(C2CC2)c(C)c(C(=O)O)c1-c1ccccc1. The summed E-state index contributed by atoms with van der Waals surface area (Å²) in [5.41, 5.74) is 2.56. The molecule has 1 aromatic heterocycles. The lowest BCUT2D eigenvalue weighted by Crippen LogP contribution is -2.16. The number of nitrogens with zero attached hydrogens (tertiary/aromatic N) is 1. The molecule has 124 valence electrons. The number of carbonyl (C=O) groups excluding carboxylic acids is 1. The Morgan fingerprint density at radius 1 is 1.25 bits per heavy atom. The second-order valence-electron chi connectivity index (χ2n) is 5.89. The maximum absolute atomic E-state index is 12.4. The van der Waals surface area contributed by atoms with Crippen molar-refractivity contribution >= 4 is 11.9 Å². The highest BCUT2D eigenvalue weighted by Gasteiger charge is 2.33. The highest BCUT2D eigenvalue weighted by molar-refractivity contribution is 6.05. The minimum atomic E-state index is -1.05. The molecule has 1 fully saturated rings. The van der Waals surface area contributed by atoms with Crippen molar-refractivity contribution in [1.82, 2.24) is 4.98 Å². The van der Waals surface area contributed by atoms with Crippen molar-refractivity contribution in [2.75, 3.05) is 6.61 Å². The maximum Gasteiger partial charge on any atom is 0.357 e. The summed E-state index contributed by atoms with van der Waals surface area (Å²) in [5.74, 6) is -1.40. The minimum absolute atomic E-state index is 0.0907. The topological polar surface area (TPSA) is 76.5 Å². The predicted octanol–water partition coefficient (Wildman–Crippen LogP) is 3.81. The van der Waals surface area contributed by atoms with E-state index in [1.54, 1.807) is 38.1 Å². The molecule has 0 unspecified atom stereocenters. The summed E-state index contributed by atoms with van der Waals surface area (Å²) in [6, 6.07) is 9.01. The van der Waals surface area contributed by atoms with Crippen molar-refractivity contribution in [3.8, 4) is 11.1 Å². The van der Waals surface area contributed by atoms with Gasteiger partial charge in [0.1, 0.15) is 0 Å². The van der Waals surface area contributed by atoms with Crippen molar-refractivity contribution < 1.29 is 19.4 Å². The molecule has 0 spiro atoms. The second-order valence-corrected chi connectivity index (χ2v) is 5.89. The van der Waals surface area contributed by atoms with E-state index in [-0.39, 0.29) is 23.8 Å². The first kappa shape index (κ1) is 16.2. The van der Waals surface area contributed by atoms with Crippen LogP contribution in [-0.2, 0) is 4.74 Å². The van der Waals surface area contributed by atoms with E-state index < -0.39 is 11.9 Å². The van der Waals surface area contributed by atoms with E-state index in [1.165, 1.54) is 0 Å². The lowest BCUT2D eigenvalue weighted by atomic mass is 9.92. The largest absolute Gasteiger partial charge is 0.478 e. The summed E-state index contributed by atoms with van der Waals surface area (Å²) < 4.78 is 5.13. The normalized spacial score (nSPS) is 13.6. The smallest absolute Gasteiger partial charge is 0.357 e. The van der Waals surface area contributed by atoms with E-state index in [9.17, 15) is 14.7 Å². The molecule has 1 saturated carbocycles. The van der Waals surface area contributed by atoms with Crippen LogP contribution in [0.4, 0.5) is 0 Å². The van der Waals surface area contributed by atoms with E-state index in [1.807, 2.05) is 6.07 Å². The molecular weight excluding hydrogens is 306 g/mol. The molecule has 1 aliphatic carbocycles. The first-order valence-electron chi connectivity index (χ1n) is 8.04. The third-order valence-electron chi connectivity index (χ3n) is 4.19. The van der Waals surface area contributed by atoms with Gasteiger partial charge in [-0.2, -0.15) is 0 Å². The number of carboxylic acids is 1. The van der Waals surface area contributed by atoms with Crippen LogP contribution >= 0.6 is 0 Å². The lowest BCUT2D eigenvalue weighted by Gasteiger charge is -2.17. The Morgan fingerprint density at radius 3 is 2.46 bits per heavy atom. The standard InChI is InChI=1S/C19H19NO4/c1-3-24-19(23)17-15(12-7-5-4-6-8-12)14(18(21)22)11(2)16(20-17)13-9-10-13/h4-8,13H,3,9-10H2,1-2H3,(H,21,22). The van der Waals surface area contributed by atoms with Crippen LogP contribution in [0.1, 0.15) is 57.8 Å². The minimum Gasteiger partial charge on any atom is -0.478 e. The molecule has 0 bridgehead atoms. The van der Waals surface area contributed by atoms with Gasteiger partial charge < -0.3 is 9.84 Å². The van der Waals surface area contributed by atoms with Gasteiger partial charge in [-0.25, -0.2) is 14.6 Å². The van der Waals surface area contributed by atoms with Crippen LogP contribution in [0.15, 0.2) is 30.3 Å². The first-order valence-corrected chi connectivity index (χ1v) is 8.04. The Bertz CT molecular complexity index is 795. The van der Waals surface area contributed by atoms with Gasteiger partial charge in [0.25, 0.3) is 0 Å². The quantitative estimate of drug-likeness (QED) is 0.846. The van der Waals surface area contributed by atoms with Crippen LogP contribution in [0.3, 0.4) is 0 Å². The molecule has 1 N–H and O–H groups in total. The number of aromatic carboxylic acids is 1. The molecule has 0 atom stereocenters. The number of esters is 1. The van der Waals surface area contributed by atoms with Crippen molar-refractivity contribution in [2.24, 2.45) is 0 Å². The summed E-state index contributed by atoms with van der Waals surface area (Å²) in [6.07, 6.45) is 1.94. The van der Waals surface area contributed by atoms with Gasteiger partial charge >= 0.3 is 11.9 Å². The second kappa shape index (κ2) is 6.43. The molecule has 2 aromatic rings. The molecule has 0 saturated heterocycles. The monoisotopic (exact) mass is 325 g/mol.